The van der Waals surface area contributed by atoms with Gasteiger partial charge in [0.15, 0.2) is 5.71 Å². The Kier molecular flexibility index (Phi) is 3.34. The predicted molar refractivity (Wildman–Crippen MR) is 48.7 cm³/mol. The number of rotatable bonds is 3. The van der Waals surface area contributed by atoms with Gasteiger partial charge in [-0.1, -0.05) is 19.9 Å². The number of unbranched alkanes of at least 4 members (excludes halogenated alkanes) is 1. The fraction of sp³-hybridized carbons (Fsp3) is 0.700. The molecule has 0 aromatic rings. The molecule has 0 atom stereocenters. The molecule has 0 bridgehead atoms. The van der Waals surface area contributed by atoms with Crippen LogP contribution < -0.4 is 4.99 Å². The van der Waals surface area contributed by atoms with Crippen molar-refractivity contribution in [2.45, 2.75) is 39.0 Å². The lowest BCUT2D eigenvalue weighted by molar-refractivity contribution is -0.461. The molecule has 0 fully saturated rings. The lowest BCUT2D eigenvalue weighted by Crippen LogP contribution is -2.75. The first-order valence-corrected chi connectivity index (χ1v) is 4.62. The standard InChI is InChI=1S/C10H17N/c1-3-4-7-10-9(2)6-5-8-11-10/h2-8H2,1H3/p+1. The van der Waals surface area contributed by atoms with Crippen LogP contribution in [0.3, 0.4) is 0 Å². The van der Waals surface area contributed by atoms with E-state index in [-0.39, 0.29) is 0 Å². The SMILES string of the molecule is C=C1CCC[NH+]=C1CCCC. The highest BCUT2D eigenvalue weighted by atomic mass is 14.7. The van der Waals surface area contributed by atoms with Crippen LogP contribution in [0.25, 0.3) is 0 Å². The van der Waals surface area contributed by atoms with E-state index in [0.29, 0.717) is 0 Å². The van der Waals surface area contributed by atoms with Crippen molar-refractivity contribution in [3.63, 3.8) is 0 Å². The van der Waals surface area contributed by atoms with Crippen molar-refractivity contribution >= 4 is 5.71 Å². The van der Waals surface area contributed by atoms with Gasteiger partial charge in [-0.2, -0.15) is 0 Å². The van der Waals surface area contributed by atoms with Crippen LogP contribution in [0.5, 0.6) is 0 Å². The van der Waals surface area contributed by atoms with Gasteiger partial charge in [-0.15, -0.1) is 0 Å². The van der Waals surface area contributed by atoms with Gasteiger partial charge < -0.3 is 0 Å². The molecule has 0 saturated heterocycles. The average Bonchev–Trinajstić information content (AvgIpc) is 2.03. The summed E-state index contributed by atoms with van der Waals surface area (Å²) in [6.07, 6.45) is 6.23. The summed E-state index contributed by atoms with van der Waals surface area (Å²) in [6, 6.07) is 0. The molecule has 0 aromatic heterocycles. The van der Waals surface area contributed by atoms with Crippen LogP contribution in [0.1, 0.15) is 39.0 Å². The number of hydrogen-bond donors (Lipinski definition) is 1. The molecule has 0 amide bonds. The first-order chi connectivity index (χ1) is 5.34. The summed E-state index contributed by atoms with van der Waals surface area (Å²) in [7, 11) is 0. The van der Waals surface area contributed by atoms with Crippen LogP contribution in [0.15, 0.2) is 12.2 Å². The topological polar surface area (TPSA) is 14.0 Å². The second-order valence-corrected chi connectivity index (χ2v) is 3.22. The zero-order valence-electron chi connectivity index (χ0n) is 7.45. The normalized spacial score (nSPS) is 18.3. The van der Waals surface area contributed by atoms with Gasteiger partial charge >= 0.3 is 0 Å². The highest BCUT2D eigenvalue weighted by molar-refractivity contribution is 5.95. The summed E-state index contributed by atoms with van der Waals surface area (Å²) >= 11 is 0. The third-order valence-electron chi connectivity index (χ3n) is 2.20. The highest BCUT2D eigenvalue weighted by Crippen LogP contribution is 2.08. The Morgan fingerprint density at radius 1 is 1.55 bits per heavy atom. The maximum absolute atomic E-state index is 4.05. The largest absolute Gasteiger partial charge is 0.245 e. The minimum atomic E-state index is 1.15. The van der Waals surface area contributed by atoms with E-state index in [0.717, 1.165) is 6.54 Å². The Hall–Kier alpha value is -0.590. The molecular formula is C10H18N+. The monoisotopic (exact) mass is 152 g/mol. The van der Waals surface area contributed by atoms with Crippen LogP contribution in [0.4, 0.5) is 0 Å². The molecule has 0 unspecified atom stereocenters. The minimum absolute atomic E-state index is 1.15. The molecule has 1 heteroatoms. The van der Waals surface area contributed by atoms with E-state index in [4.69, 9.17) is 0 Å². The van der Waals surface area contributed by atoms with Crippen molar-refractivity contribution in [1.82, 2.24) is 0 Å². The lowest BCUT2D eigenvalue weighted by Gasteiger charge is -2.07. The van der Waals surface area contributed by atoms with E-state index in [1.165, 1.54) is 43.4 Å². The summed E-state index contributed by atoms with van der Waals surface area (Å²) in [5.74, 6) is 0. The van der Waals surface area contributed by atoms with E-state index < -0.39 is 0 Å². The van der Waals surface area contributed by atoms with Gasteiger partial charge in [-0.25, -0.2) is 4.99 Å². The maximum Gasteiger partial charge on any atom is 0.176 e. The molecule has 1 rings (SSSR count). The van der Waals surface area contributed by atoms with Gasteiger partial charge in [-0.3, -0.25) is 0 Å². The van der Waals surface area contributed by atoms with Crippen molar-refractivity contribution in [3.8, 4) is 0 Å². The summed E-state index contributed by atoms with van der Waals surface area (Å²) in [5, 5.41) is 0. The molecule has 0 spiro atoms. The molecule has 0 aliphatic carbocycles. The van der Waals surface area contributed by atoms with Crippen molar-refractivity contribution in [3.05, 3.63) is 12.2 Å². The van der Waals surface area contributed by atoms with Gasteiger partial charge in [0.2, 0.25) is 0 Å². The van der Waals surface area contributed by atoms with Crippen molar-refractivity contribution in [2.24, 2.45) is 0 Å². The Morgan fingerprint density at radius 3 is 3.00 bits per heavy atom. The van der Waals surface area contributed by atoms with E-state index in [1.54, 1.807) is 0 Å². The molecule has 1 aliphatic rings. The second kappa shape index (κ2) is 4.32. The quantitative estimate of drug-likeness (QED) is 0.621. The number of allylic oxidation sites excluding steroid dienone is 1. The first-order valence-electron chi connectivity index (χ1n) is 4.62. The second-order valence-electron chi connectivity index (χ2n) is 3.22. The van der Waals surface area contributed by atoms with Crippen molar-refractivity contribution in [1.29, 1.82) is 0 Å². The molecule has 0 radical (unpaired) electrons. The summed E-state index contributed by atoms with van der Waals surface area (Å²) < 4.78 is 0. The van der Waals surface area contributed by atoms with Crippen LogP contribution in [-0.4, -0.2) is 12.3 Å². The molecule has 11 heavy (non-hydrogen) atoms. The summed E-state index contributed by atoms with van der Waals surface area (Å²) in [4.78, 5) is 3.42. The average molecular weight is 152 g/mol. The number of nitrogens with one attached hydrogen (secondary N) is 1. The molecule has 62 valence electrons. The fourth-order valence-corrected chi connectivity index (χ4v) is 1.44. The lowest BCUT2D eigenvalue weighted by atomic mass is 9.99. The molecule has 1 heterocycles. The minimum Gasteiger partial charge on any atom is -0.245 e. The van der Waals surface area contributed by atoms with E-state index in [9.17, 15) is 0 Å². The van der Waals surface area contributed by atoms with Crippen LogP contribution in [0, 0.1) is 0 Å². The Balaban J connectivity index is 2.41. The van der Waals surface area contributed by atoms with Gasteiger partial charge in [-0.05, 0) is 12.8 Å². The van der Waals surface area contributed by atoms with Crippen LogP contribution in [-0.2, 0) is 0 Å². The molecule has 1 aliphatic heterocycles. The Bertz CT molecular complexity index is 168. The third-order valence-corrected chi connectivity index (χ3v) is 2.20. The first kappa shape index (κ1) is 8.51. The Labute approximate surface area is 69.2 Å². The Morgan fingerprint density at radius 2 is 2.36 bits per heavy atom. The predicted octanol–water partition coefficient (Wildman–Crippen LogP) is 1.05. The zero-order chi connectivity index (χ0) is 8.10. The fourth-order valence-electron chi connectivity index (χ4n) is 1.44. The van der Waals surface area contributed by atoms with Gasteiger partial charge in [0.05, 0.1) is 0 Å². The zero-order valence-corrected chi connectivity index (χ0v) is 7.45. The van der Waals surface area contributed by atoms with Crippen molar-refractivity contribution in [2.75, 3.05) is 6.54 Å². The highest BCUT2D eigenvalue weighted by Gasteiger charge is 2.14. The van der Waals surface area contributed by atoms with Crippen molar-refractivity contribution < 1.29 is 4.99 Å². The maximum atomic E-state index is 4.05. The summed E-state index contributed by atoms with van der Waals surface area (Å²) in [5.41, 5.74) is 2.75. The summed E-state index contributed by atoms with van der Waals surface area (Å²) in [6.45, 7) is 7.43. The van der Waals surface area contributed by atoms with Gasteiger partial charge in [0.1, 0.15) is 6.54 Å². The smallest absolute Gasteiger partial charge is 0.176 e. The molecule has 0 saturated carbocycles. The van der Waals surface area contributed by atoms with E-state index in [2.05, 4.69) is 18.5 Å². The third kappa shape index (κ3) is 2.49. The number of hydrogen-bond acceptors (Lipinski definition) is 0. The van der Waals surface area contributed by atoms with Gasteiger partial charge in [0.25, 0.3) is 0 Å². The van der Waals surface area contributed by atoms with Crippen LogP contribution >= 0.6 is 0 Å². The van der Waals surface area contributed by atoms with E-state index >= 15 is 0 Å². The van der Waals surface area contributed by atoms with E-state index in [1.807, 2.05) is 0 Å². The molecular weight excluding hydrogens is 134 g/mol. The van der Waals surface area contributed by atoms with Crippen LogP contribution in [0.2, 0.25) is 0 Å². The molecule has 1 N–H and O–H groups in total. The molecule has 1 nitrogen and oxygen atoms in total. The van der Waals surface area contributed by atoms with Gasteiger partial charge in [0, 0.05) is 18.4 Å². The molecule has 0 aromatic carbocycles.